The van der Waals surface area contributed by atoms with E-state index in [9.17, 15) is 9.59 Å². The maximum absolute atomic E-state index is 12.6. The molecule has 0 fully saturated rings. The van der Waals surface area contributed by atoms with E-state index in [1.807, 2.05) is 12.1 Å². The van der Waals surface area contributed by atoms with Gasteiger partial charge in [0, 0.05) is 19.0 Å². The molecule has 0 unspecified atom stereocenters. The zero-order chi connectivity index (χ0) is 17.8. The van der Waals surface area contributed by atoms with E-state index >= 15 is 0 Å². The Morgan fingerprint density at radius 2 is 1.68 bits per heavy atom. The van der Waals surface area contributed by atoms with Crippen molar-refractivity contribution in [3.05, 3.63) is 75.7 Å². The SMILES string of the molecule is CCc1ccc(CN(C)C(=O)Cc2n[nH]c(=O)c3ccccc23)cc1. The Balaban J connectivity index is 1.75. The molecule has 0 bridgehead atoms. The first kappa shape index (κ1) is 16.9. The van der Waals surface area contributed by atoms with Crippen LogP contribution in [0.25, 0.3) is 10.8 Å². The van der Waals surface area contributed by atoms with Gasteiger partial charge < -0.3 is 4.90 Å². The summed E-state index contributed by atoms with van der Waals surface area (Å²) >= 11 is 0. The predicted molar refractivity (Wildman–Crippen MR) is 98.4 cm³/mol. The molecule has 0 saturated carbocycles. The molecule has 0 saturated heterocycles. The van der Waals surface area contributed by atoms with E-state index in [2.05, 4.69) is 41.4 Å². The maximum Gasteiger partial charge on any atom is 0.272 e. The van der Waals surface area contributed by atoms with Gasteiger partial charge in [0.05, 0.1) is 17.5 Å². The number of hydrogen-bond donors (Lipinski definition) is 1. The van der Waals surface area contributed by atoms with E-state index in [-0.39, 0.29) is 17.9 Å². The van der Waals surface area contributed by atoms with Crippen molar-refractivity contribution in [2.45, 2.75) is 26.3 Å². The third kappa shape index (κ3) is 3.76. The number of benzene rings is 2. The zero-order valence-corrected chi connectivity index (χ0v) is 14.5. The fourth-order valence-corrected chi connectivity index (χ4v) is 2.83. The zero-order valence-electron chi connectivity index (χ0n) is 14.5. The molecule has 5 nitrogen and oxygen atoms in total. The number of fused-ring (bicyclic) bond motifs is 1. The molecule has 0 spiro atoms. The van der Waals surface area contributed by atoms with E-state index in [0.29, 0.717) is 17.6 Å². The molecule has 0 aliphatic rings. The second-order valence-electron chi connectivity index (χ2n) is 6.14. The summed E-state index contributed by atoms with van der Waals surface area (Å²) in [4.78, 5) is 26.1. The summed E-state index contributed by atoms with van der Waals surface area (Å²) in [5.41, 5.74) is 2.72. The number of carbonyl (C=O) groups is 1. The molecular weight excluding hydrogens is 314 g/mol. The van der Waals surface area contributed by atoms with Crippen LogP contribution in [0.3, 0.4) is 0 Å². The Kier molecular flexibility index (Phi) is 4.93. The van der Waals surface area contributed by atoms with Gasteiger partial charge in [-0.05, 0) is 23.6 Å². The summed E-state index contributed by atoms with van der Waals surface area (Å²) in [6.45, 7) is 2.66. The average molecular weight is 335 g/mol. The van der Waals surface area contributed by atoms with Crippen LogP contribution in [0.4, 0.5) is 0 Å². The molecular formula is C20H21N3O2. The third-order valence-corrected chi connectivity index (χ3v) is 4.37. The first-order valence-electron chi connectivity index (χ1n) is 8.36. The summed E-state index contributed by atoms with van der Waals surface area (Å²) in [5, 5.41) is 7.82. The van der Waals surface area contributed by atoms with Crippen molar-refractivity contribution in [1.82, 2.24) is 15.1 Å². The highest BCUT2D eigenvalue weighted by Crippen LogP contribution is 2.14. The van der Waals surface area contributed by atoms with Gasteiger partial charge in [-0.15, -0.1) is 0 Å². The van der Waals surface area contributed by atoms with Crippen LogP contribution in [0.15, 0.2) is 53.3 Å². The van der Waals surface area contributed by atoms with E-state index in [4.69, 9.17) is 0 Å². The Labute approximate surface area is 146 Å². The lowest BCUT2D eigenvalue weighted by Crippen LogP contribution is -2.28. The van der Waals surface area contributed by atoms with E-state index in [1.165, 1.54) is 5.56 Å². The van der Waals surface area contributed by atoms with Crippen LogP contribution in [-0.4, -0.2) is 28.1 Å². The number of hydrogen-bond acceptors (Lipinski definition) is 3. The Morgan fingerprint density at radius 1 is 1.04 bits per heavy atom. The van der Waals surface area contributed by atoms with Crippen LogP contribution in [0.5, 0.6) is 0 Å². The number of amides is 1. The van der Waals surface area contributed by atoms with Crippen LogP contribution in [0, 0.1) is 0 Å². The van der Waals surface area contributed by atoms with Crippen molar-refractivity contribution in [2.24, 2.45) is 0 Å². The monoisotopic (exact) mass is 335 g/mol. The largest absolute Gasteiger partial charge is 0.341 e. The number of nitrogens with one attached hydrogen (secondary N) is 1. The number of nitrogens with zero attached hydrogens (tertiary/aromatic N) is 2. The summed E-state index contributed by atoms with van der Waals surface area (Å²) in [5.74, 6) is -0.0377. The molecule has 0 aliphatic carbocycles. The standard InChI is InChI=1S/C20H21N3O2/c1-3-14-8-10-15(11-9-14)13-23(2)19(24)12-18-16-6-4-5-7-17(16)20(25)22-21-18/h4-11H,3,12-13H2,1-2H3,(H,22,25). The summed E-state index contributed by atoms with van der Waals surface area (Å²) in [6.07, 6.45) is 1.15. The molecule has 25 heavy (non-hydrogen) atoms. The Morgan fingerprint density at radius 3 is 2.36 bits per heavy atom. The van der Waals surface area contributed by atoms with E-state index in [0.717, 1.165) is 17.4 Å². The normalized spacial score (nSPS) is 10.8. The molecule has 0 atom stereocenters. The van der Waals surface area contributed by atoms with Crippen LogP contribution in [0.1, 0.15) is 23.7 Å². The molecule has 1 N–H and O–H groups in total. The number of likely N-dealkylation sites (N-methyl/N-ethyl adjacent to an activating group) is 1. The fourth-order valence-electron chi connectivity index (χ4n) is 2.83. The van der Waals surface area contributed by atoms with Gasteiger partial charge in [-0.25, -0.2) is 5.10 Å². The molecule has 1 heterocycles. The van der Waals surface area contributed by atoms with E-state index < -0.39 is 0 Å². The number of aromatic nitrogens is 2. The second-order valence-corrected chi connectivity index (χ2v) is 6.14. The van der Waals surface area contributed by atoms with Gasteiger partial charge in [0.15, 0.2) is 0 Å². The molecule has 1 aromatic heterocycles. The Hall–Kier alpha value is -2.95. The number of H-pyrrole nitrogens is 1. The summed E-state index contributed by atoms with van der Waals surface area (Å²) in [6, 6.07) is 15.5. The highest BCUT2D eigenvalue weighted by atomic mass is 16.2. The molecule has 128 valence electrons. The summed E-state index contributed by atoms with van der Waals surface area (Å²) < 4.78 is 0. The first-order chi connectivity index (χ1) is 12.1. The topological polar surface area (TPSA) is 66.1 Å². The Bertz CT molecular complexity index is 945. The lowest BCUT2D eigenvalue weighted by Gasteiger charge is -2.17. The second kappa shape index (κ2) is 7.30. The highest BCUT2D eigenvalue weighted by molar-refractivity contribution is 5.88. The number of carbonyl (C=O) groups excluding carboxylic acids is 1. The van der Waals surface area contributed by atoms with Crippen LogP contribution in [0.2, 0.25) is 0 Å². The summed E-state index contributed by atoms with van der Waals surface area (Å²) in [7, 11) is 1.78. The predicted octanol–water partition coefficient (Wildman–Crippen LogP) is 2.69. The van der Waals surface area contributed by atoms with Crippen molar-refractivity contribution in [1.29, 1.82) is 0 Å². The van der Waals surface area contributed by atoms with Crippen molar-refractivity contribution in [2.75, 3.05) is 7.05 Å². The van der Waals surface area contributed by atoms with Crippen molar-refractivity contribution >= 4 is 16.7 Å². The van der Waals surface area contributed by atoms with Gasteiger partial charge in [-0.1, -0.05) is 49.4 Å². The van der Waals surface area contributed by atoms with Crippen molar-refractivity contribution < 1.29 is 4.79 Å². The lowest BCUT2D eigenvalue weighted by atomic mass is 10.1. The van der Waals surface area contributed by atoms with Gasteiger partial charge in [-0.3, -0.25) is 9.59 Å². The third-order valence-electron chi connectivity index (χ3n) is 4.37. The lowest BCUT2D eigenvalue weighted by molar-refractivity contribution is -0.129. The minimum atomic E-state index is -0.240. The number of aromatic amines is 1. The van der Waals surface area contributed by atoms with Gasteiger partial charge in [0.2, 0.25) is 5.91 Å². The van der Waals surface area contributed by atoms with Crippen LogP contribution in [-0.2, 0) is 24.2 Å². The minimum absolute atomic E-state index is 0.0377. The number of rotatable bonds is 5. The maximum atomic E-state index is 12.6. The molecule has 0 aliphatic heterocycles. The van der Waals surface area contributed by atoms with Gasteiger partial charge >= 0.3 is 0 Å². The van der Waals surface area contributed by atoms with Gasteiger partial charge in [0.1, 0.15) is 0 Å². The molecule has 3 aromatic rings. The molecule has 1 amide bonds. The quantitative estimate of drug-likeness (QED) is 0.779. The van der Waals surface area contributed by atoms with Crippen LogP contribution < -0.4 is 5.56 Å². The van der Waals surface area contributed by atoms with E-state index in [1.54, 1.807) is 24.1 Å². The van der Waals surface area contributed by atoms with Gasteiger partial charge in [-0.2, -0.15) is 5.10 Å². The molecule has 5 heteroatoms. The average Bonchev–Trinajstić information content (AvgIpc) is 2.64. The van der Waals surface area contributed by atoms with Crippen molar-refractivity contribution in [3.63, 3.8) is 0 Å². The molecule has 2 aromatic carbocycles. The smallest absolute Gasteiger partial charge is 0.272 e. The molecule has 3 rings (SSSR count). The number of aryl methyl sites for hydroxylation is 1. The first-order valence-corrected chi connectivity index (χ1v) is 8.36. The van der Waals surface area contributed by atoms with Crippen molar-refractivity contribution in [3.8, 4) is 0 Å². The highest BCUT2D eigenvalue weighted by Gasteiger charge is 2.14. The fraction of sp³-hybridized carbons (Fsp3) is 0.250. The van der Waals surface area contributed by atoms with Crippen LogP contribution >= 0.6 is 0 Å². The molecule has 0 radical (unpaired) electrons. The van der Waals surface area contributed by atoms with Gasteiger partial charge in [0.25, 0.3) is 5.56 Å². The minimum Gasteiger partial charge on any atom is -0.341 e.